The minimum Gasteiger partial charge on any atom is -0.269 e. The first-order valence-electron chi connectivity index (χ1n) is 11.7. The molecule has 0 fully saturated rings. The molecular formula is C30H20ClFN4O2. The zero-order valence-corrected chi connectivity index (χ0v) is 21.0. The van der Waals surface area contributed by atoms with Crippen LogP contribution in [-0.4, -0.2) is 26.5 Å². The Balaban J connectivity index is 1.65. The van der Waals surface area contributed by atoms with E-state index in [1.54, 1.807) is 60.3 Å². The van der Waals surface area contributed by atoms with Crippen LogP contribution in [-0.2, 0) is 16.1 Å². The average molecular weight is 523 g/mol. The number of aromatic nitrogens is 2. The van der Waals surface area contributed by atoms with Crippen molar-refractivity contribution < 1.29 is 14.0 Å². The molecule has 6 nitrogen and oxygen atoms in total. The molecule has 0 saturated heterocycles. The molecule has 1 aromatic heterocycles. The fraction of sp³-hybridized carbons (Fsp3) is 0.0667. The first-order valence-corrected chi connectivity index (χ1v) is 12.1. The number of halogens is 2. The van der Waals surface area contributed by atoms with Gasteiger partial charge in [0, 0.05) is 27.9 Å². The van der Waals surface area contributed by atoms with Gasteiger partial charge in [-0.1, -0.05) is 48.0 Å². The van der Waals surface area contributed by atoms with Crippen LogP contribution in [0.5, 0.6) is 0 Å². The van der Waals surface area contributed by atoms with Crippen LogP contribution in [0.1, 0.15) is 18.1 Å². The number of hydrogen-bond donors (Lipinski definition) is 0. The minimum absolute atomic E-state index is 0.0821. The molecule has 0 N–H and O–H groups in total. The largest absolute Gasteiger partial charge is 0.271 e. The van der Waals surface area contributed by atoms with Crippen molar-refractivity contribution in [1.82, 2.24) is 14.7 Å². The van der Waals surface area contributed by atoms with Crippen LogP contribution in [0.3, 0.4) is 0 Å². The molecule has 2 heterocycles. The van der Waals surface area contributed by atoms with Crippen LogP contribution in [0.4, 0.5) is 4.39 Å². The molecule has 2 amide bonds. The molecule has 186 valence electrons. The van der Waals surface area contributed by atoms with Gasteiger partial charge < -0.3 is 0 Å². The molecule has 1 aliphatic heterocycles. The summed E-state index contributed by atoms with van der Waals surface area (Å²) in [5.41, 5.74) is 3.41. The summed E-state index contributed by atoms with van der Waals surface area (Å²) in [6.07, 6.45) is 3.37. The lowest BCUT2D eigenvalue weighted by atomic mass is 9.93. The Bertz CT molecular complexity index is 1660. The second-order valence-corrected chi connectivity index (χ2v) is 9.08. The van der Waals surface area contributed by atoms with Gasteiger partial charge >= 0.3 is 0 Å². The summed E-state index contributed by atoms with van der Waals surface area (Å²) in [5.74, 6) is -1.61. The molecule has 1 aliphatic rings. The van der Waals surface area contributed by atoms with Gasteiger partial charge in [0.25, 0.3) is 11.8 Å². The van der Waals surface area contributed by atoms with Gasteiger partial charge in [0.05, 0.1) is 17.9 Å². The van der Waals surface area contributed by atoms with Gasteiger partial charge in [0.1, 0.15) is 17.5 Å². The fourth-order valence-electron chi connectivity index (χ4n) is 4.26. The Labute approximate surface area is 223 Å². The van der Waals surface area contributed by atoms with E-state index in [0.717, 1.165) is 10.6 Å². The van der Waals surface area contributed by atoms with E-state index in [4.69, 9.17) is 16.7 Å². The van der Waals surface area contributed by atoms with Gasteiger partial charge in [-0.2, -0.15) is 10.4 Å². The van der Waals surface area contributed by atoms with E-state index >= 15 is 0 Å². The second kappa shape index (κ2) is 10.3. The van der Waals surface area contributed by atoms with Crippen LogP contribution in [0.2, 0.25) is 5.02 Å². The Kier molecular flexibility index (Phi) is 6.73. The molecular weight excluding hydrogens is 503 g/mol. The third-order valence-corrected chi connectivity index (χ3v) is 6.66. The van der Waals surface area contributed by atoms with Gasteiger partial charge in [-0.25, -0.2) is 9.07 Å². The number of para-hydroxylation sites is 1. The van der Waals surface area contributed by atoms with E-state index in [0.29, 0.717) is 27.4 Å². The van der Waals surface area contributed by atoms with Crippen molar-refractivity contribution in [3.63, 3.8) is 0 Å². The number of amides is 2. The van der Waals surface area contributed by atoms with Crippen LogP contribution in [0, 0.1) is 17.1 Å². The predicted molar refractivity (Wildman–Crippen MR) is 142 cm³/mol. The minimum atomic E-state index is -0.675. The monoisotopic (exact) mass is 522 g/mol. The van der Waals surface area contributed by atoms with Crippen molar-refractivity contribution in [2.75, 3.05) is 0 Å². The number of carbonyl (C=O) groups excluding carboxylic acids is 2. The molecule has 0 radical (unpaired) electrons. The Hall–Kier alpha value is -4.80. The lowest BCUT2D eigenvalue weighted by molar-refractivity contribution is -0.141. The highest BCUT2D eigenvalue weighted by Gasteiger charge is 2.36. The second-order valence-electron chi connectivity index (χ2n) is 8.68. The molecule has 0 atom stereocenters. The molecule has 38 heavy (non-hydrogen) atoms. The molecule has 4 aromatic rings. The highest BCUT2D eigenvalue weighted by Crippen LogP contribution is 2.32. The molecule has 0 saturated carbocycles. The van der Waals surface area contributed by atoms with Crippen molar-refractivity contribution in [2.24, 2.45) is 0 Å². The molecule has 8 heteroatoms. The maximum absolute atomic E-state index is 13.7. The number of nitrogens with zero attached hydrogens (tertiary/aromatic N) is 4. The van der Waals surface area contributed by atoms with Crippen molar-refractivity contribution in [3.05, 3.63) is 124 Å². The Morgan fingerprint density at radius 1 is 0.974 bits per heavy atom. The first-order chi connectivity index (χ1) is 18.4. The Morgan fingerprint density at radius 2 is 1.66 bits per heavy atom. The van der Waals surface area contributed by atoms with Crippen LogP contribution < -0.4 is 0 Å². The van der Waals surface area contributed by atoms with Gasteiger partial charge in [0.2, 0.25) is 0 Å². The predicted octanol–water partition coefficient (Wildman–Crippen LogP) is 6.12. The summed E-state index contributed by atoms with van der Waals surface area (Å²) >= 11 is 6.29. The molecule has 5 rings (SSSR count). The maximum Gasteiger partial charge on any atom is 0.271 e. The highest BCUT2D eigenvalue weighted by molar-refractivity contribution is 6.31. The third-order valence-electron chi connectivity index (χ3n) is 6.29. The number of hydrogen-bond acceptors (Lipinski definition) is 4. The molecule has 0 aliphatic carbocycles. The smallest absolute Gasteiger partial charge is 0.269 e. The topological polar surface area (TPSA) is 79.0 Å². The Morgan fingerprint density at radius 3 is 2.34 bits per heavy atom. The maximum atomic E-state index is 13.7. The summed E-state index contributed by atoms with van der Waals surface area (Å²) in [5, 5.41) is 14.9. The molecule has 0 bridgehead atoms. The van der Waals surface area contributed by atoms with Crippen LogP contribution in [0.15, 0.2) is 102 Å². The normalized spacial score (nSPS) is 14.8. The highest BCUT2D eigenvalue weighted by atomic mass is 35.5. The number of carbonyl (C=O) groups is 2. The molecule has 0 unspecified atom stereocenters. The molecule has 0 spiro atoms. The fourth-order valence-corrected chi connectivity index (χ4v) is 4.46. The zero-order valence-electron chi connectivity index (χ0n) is 20.2. The summed E-state index contributed by atoms with van der Waals surface area (Å²) in [6, 6.07) is 24.1. The van der Waals surface area contributed by atoms with Crippen molar-refractivity contribution in [2.45, 2.75) is 13.5 Å². The van der Waals surface area contributed by atoms with Gasteiger partial charge in [-0.3, -0.25) is 14.5 Å². The quantitative estimate of drug-likeness (QED) is 0.233. The standard InChI is InChI=1S/C30H20ClFN4O2/c1-19-25(29(37)35(30(38)26(19)16-33)17-21-7-5-6-10-27(21)31)15-22-18-36(24-8-3-2-4-9-24)34-28(22)20-11-13-23(32)14-12-20/h2-15,18H,17H2,1H3/b25-15+. The van der Waals surface area contributed by atoms with Crippen molar-refractivity contribution in [3.8, 4) is 23.0 Å². The van der Waals surface area contributed by atoms with E-state index in [-0.39, 0.29) is 29.1 Å². The SMILES string of the molecule is CC1=C(C#N)C(=O)N(Cc2ccccc2Cl)C(=O)/C1=C/c1cn(-c2ccccc2)nc1-c1ccc(F)cc1. The van der Waals surface area contributed by atoms with Gasteiger partial charge in [-0.15, -0.1) is 0 Å². The van der Waals surface area contributed by atoms with Crippen molar-refractivity contribution >= 4 is 29.5 Å². The summed E-state index contributed by atoms with van der Waals surface area (Å²) in [4.78, 5) is 27.8. The number of imide groups is 1. The third kappa shape index (κ3) is 4.65. The summed E-state index contributed by atoms with van der Waals surface area (Å²) < 4.78 is 15.3. The zero-order chi connectivity index (χ0) is 26.8. The lowest BCUT2D eigenvalue weighted by Gasteiger charge is -2.27. The van der Waals surface area contributed by atoms with Crippen LogP contribution in [0.25, 0.3) is 23.0 Å². The van der Waals surface area contributed by atoms with E-state index in [9.17, 15) is 19.2 Å². The average Bonchev–Trinajstić information content (AvgIpc) is 3.35. The molecule has 3 aromatic carbocycles. The van der Waals surface area contributed by atoms with Gasteiger partial charge in [-0.05, 0) is 66.6 Å². The van der Waals surface area contributed by atoms with Crippen molar-refractivity contribution in [1.29, 1.82) is 5.26 Å². The summed E-state index contributed by atoms with van der Waals surface area (Å²) in [6.45, 7) is 1.49. The van der Waals surface area contributed by atoms with E-state index in [1.807, 2.05) is 36.4 Å². The number of rotatable bonds is 5. The van der Waals surface area contributed by atoms with E-state index < -0.39 is 11.8 Å². The van der Waals surface area contributed by atoms with E-state index in [2.05, 4.69) is 0 Å². The van der Waals surface area contributed by atoms with E-state index in [1.165, 1.54) is 12.1 Å². The number of nitriles is 1. The summed E-state index contributed by atoms with van der Waals surface area (Å²) in [7, 11) is 0. The number of benzene rings is 3. The van der Waals surface area contributed by atoms with Crippen LogP contribution >= 0.6 is 11.6 Å². The van der Waals surface area contributed by atoms with Gasteiger partial charge in [0.15, 0.2) is 0 Å². The lowest BCUT2D eigenvalue weighted by Crippen LogP contribution is -2.42. The first kappa shape index (κ1) is 24.9.